The molecule has 0 aliphatic rings. The number of benzene rings is 5. The predicted molar refractivity (Wildman–Crippen MR) is 163 cm³/mol. The summed E-state index contributed by atoms with van der Waals surface area (Å²) in [4.78, 5) is 18.0. The van der Waals surface area contributed by atoms with Crippen LogP contribution in [0.2, 0.25) is 0 Å². The van der Waals surface area contributed by atoms with Gasteiger partial charge in [-0.1, -0.05) is 72.8 Å². The number of nitrogens with zero attached hydrogens (tertiary/aromatic N) is 3. The van der Waals surface area contributed by atoms with Crippen molar-refractivity contribution in [2.24, 2.45) is 0 Å². The van der Waals surface area contributed by atoms with Crippen molar-refractivity contribution in [3.8, 4) is 11.4 Å². The van der Waals surface area contributed by atoms with Gasteiger partial charge < -0.3 is 9.13 Å². The number of para-hydroxylation sites is 4. The van der Waals surface area contributed by atoms with Crippen LogP contribution in [0.1, 0.15) is 15.9 Å². The SMILES string of the molecule is O=C(c1ccncc1)c1cc(-n2c3ccccc3c3ccccc32)cc(-n2c3ccccc3c3ccccc32)c1. The van der Waals surface area contributed by atoms with E-state index in [4.69, 9.17) is 0 Å². The zero-order valence-corrected chi connectivity index (χ0v) is 21.5. The summed E-state index contributed by atoms with van der Waals surface area (Å²) in [5.74, 6) is -0.0352. The highest BCUT2D eigenvalue weighted by molar-refractivity contribution is 6.12. The van der Waals surface area contributed by atoms with Gasteiger partial charge in [0.2, 0.25) is 0 Å². The molecular weight excluding hydrogens is 490 g/mol. The molecular formula is C36H23N3O. The monoisotopic (exact) mass is 513 g/mol. The van der Waals surface area contributed by atoms with Gasteiger partial charge in [-0.2, -0.15) is 0 Å². The number of carbonyl (C=O) groups is 1. The molecule has 4 heteroatoms. The topological polar surface area (TPSA) is 39.8 Å². The molecule has 0 saturated heterocycles. The predicted octanol–water partition coefficient (Wildman–Crippen LogP) is 8.51. The third-order valence-electron chi connectivity index (χ3n) is 7.78. The minimum Gasteiger partial charge on any atom is -0.309 e. The van der Waals surface area contributed by atoms with Crippen LogP contribution in [0.15, 0.2) is 140 Å². The summed E-state index contributed by atoms with van der Waals surface area (Å²) >= 11 is 0. The van der Waals surface area contributed by atoms with Crippen molar-refractivity contribution in [2.45, 2.75) is 0 Å². The fraction of sp³-hybridized carbons (Fsp3) is 0. The van der Waals surface area contributed by atoms with Crippen molar-refractivity contribution in [2.75, 3.05) is 0 Å². The Labute approximate surface area is 230 Å². The average Bonchev–Trinajstić information content (AvgIpc) is 3.54. The van der Waals surface area contributed by atoms with Crippen LogP contribution in [0, 0.1) is 0 Å². The lowest BCUT2D eigenvalue weighted by Crippen LogP contribution is -2.06. The minimum absolute atomic E-state index is 0.0352. The molecule has 4 nitrogen and oxygen atoms in total. The summed E-state index contributed by atoms with van der Waals surface area (Å²) in [5, 5.41) is 4.73. The molecule has 0 bridgehead atoms. The van der Waals surface area contributed by atoms with Crippen LogP contribution < -0.4 is 0 Å². The highest BCUT2D eigenvalue weighted by Gasteiger charge is 2.19. The zero-order chi connectivity index (χ0) is 26.6. The molecule has 0 spiro atoms. The van der Waals surface area contributed by atoms with Crippen LogP contribution >= 0.6 is 0 Å². The zero-order valence-electron chi connectivity index (χ0n) is 21.5. The van der Waals surface area contributed by atoms with Crippen molar-refractivity contribution < 1.29 is 4.79 Å². The summed E-state index contributed by atoms with van der Waals surface area (Å²) in [6.07, 6.45) is 3.33. The van der Waals surface area contributed by atoms with E-state index >= 15 is 0 Å². The lowest BCUT2D eigenvalue weighted by atomic mass is 10.0. The van der Waals surface area contributed by atoms with Gasteiger partial charge in [-0.25, -0.2) is 0 Å². The van der Waals surface area contributed by atoms with Crippen LogP contribution in [0.4, 0.5) is 0 Å². The average molecular weight is 514 g/mol. The van der Waals surface area contributed by atoms with Gasteiger partial charge in [0.05, 0.1) is 22.1 Å². The summed E-state index contributed by atoms with van der Waals surface area (Å²) in [5.41, 5.74) is 7.53. The molecule has 0 amide bonds. The molecule has 8 rings (SSSR count). The molecule has 0 atom stereocenters. The molecule has 0 fully saturated rings. The third-order valence-corrected chi connectivity index (χ3v) is 7.78. The molecule has 0 radical (unpaired) electrons. The lowest BCUT2D eigenvalue weighted by molar-refractivity contribution is 0.103. The number of rotatable bonds is 4. The van der Waals surface area contributed by atoms with E-state index in [0.29, 0.717) is 11.1 Å². The second-order valence-corrected chi connectivity index (χ2v) is 10.0. The number of aromatic nitrogens is 3. The second-order valence-electron chi connectivity index (χ2n) is 10.0. The highest BCUT2D eigenvalue weighted by Crippen LogP contribution is 2.36. The molecule has 40 heavy (non-hydrogen) atoms. The van der Waals surface area contributed by atoms with E-state index in [9.17, 15) is 4.79 Å². The Hall–Kier alpha value is -5.48. The summed E-state index contributed by atoms with van der Waals surface area (Å²) in [7, 11) is 0. The Morgan fingerprint density at radius 2 is 0.825 bits per heavy atom. The number of hydrogen-bond donors (Lipinski definition) is 0. The molecule has 0 N–H and O–H groups in total. The maximum absolute atomic E-state index is 13.9. The third kappa shape index (κ3) is 3.33. The van der Waals surface area contributed by atoms with Gasteiger partial charge in [-0.15, -0.1) is 0 Å². The Kier molecular flexibility index (Phi) is 4.94. The maximum atomic E-state index is 13.9. The summed E-state index contributed by atoms with van der Waals surface area (Å²) in [6, 6.07) is 43.6. The fourth-order valence-corrected chi connectivity index (χ4v) is 6.06. The normalized spacial score (nSPS) is 11.6. The van der Waals surface area contributed by atoms with E-state index in [0.717, 1.165) is 33.4 Å². The van der Waals surface area contributed by atoms with E-state index in [1.807, 2.05) is 12.1 Å². The molecule has 188 valence electrons. The van der Waals surface area contributed by atoms with Crippen LogP contribution in [-0.4, -0.2) is 19.9 Å². The van der Waals surface area contributed by atoms with E-state index < -0.39 is 0 Å². The first-order valence-corrected chi connectivity index (χ1v) is 13.3. The van der Waals surface area contributed by atoms with E-state index in [2.05, 4.69) is 117 Å². The number of fused-ring (bicyclic) bond motifs is 6. The van der Waals surface area contributed by atoms with Crippen LogP contribution in [-0.2, 0) is 0 Å². The van der Waals surface area contributed by atoms with Gasteiger partial charge >= 0.3 is 0 Å². The quantitative estimate of drug-likeness (QED) is 0.221. The number of ketones is 1. The number of hydrogen-bond acceptors (Lipinski definition) is 2. The van der Waals surface area contributed by atoms with Crippen molar-refractivity contribution in [1.29, 1.82) is 0 Å². The first-order valence-electron chi connectivity index (χ1n) is 13.3. The smallest absolute Gasteiger partial charge is 0.193 e. The maximum Gasteiger partial charge on any atom is 0.193 e. The van der Waals surface area contributed by atoms with Crippen molar-refractivity contribution in [3.63, 3.8) is 0 Å². The van der Waals surface area contributed by atoms with E-state index in [1.165, 1.54) is 21.5 Å². The van der Waals surface area contributed by atoms with Crippen LogP contribution in [0.3, 0.4) is 0 Å². The first-order chi connectivity index (χ1) is 19.8. The Morgan fingerprint density at radius 1 is 0.450 bits per heavy atom. The highest BCUT2D eigenvalue weighted by atomic mass is 16.1. The molecule has 0 aliphatic heterocycles. The Morgan fingerprint density at radius 3 is 1.23 bits per heavy atom. The molecule has 5 aromatic carbocycles. The number of pyridine rings is 1. The standard InChI is InChI=1S/C36H23N3O/c40-36(24-17-19-37-20-18-24)25-21-26(38-32-13-5-1-9-28(32)29-10-2-6-14-33(29)38)23-27(22-25)39-34-15-7-3-11-30(34)31-12-4-8-16-35(31)39/h1-23H. The minimum atomic E-state index is -0.0352. The van der Waals surface area contributed by atoms with E-state index in [1.54, 1.807) is 24.5 Å². The summed E-state index contributed by atoms with van der Waals surface area (Å²) < 4.78 is 4.54. The lowest BCUT2D eigenvalue weighted by Gasteiger charge is -2.15. The van der Waals surface area contributed by atoms with Crippen molar-refractivity contribution in [1.82, 2.24) is 14.1 Å². The Balaban J connectivity index is 1.48. The number of carbonyl (C=O) groups excluding carboxylic acids is 1. The van der Waals surface area contributed by atoms with Gasteiger partial charge in [-0.3, -0.25) is 9.78 Å². The molecule has 0 unspecified atom stereocenters. The molecule has 3 heterocycles. The van der Waals surface area contributed by atoms with Gasteiger partial charge in [0.1, 0.15) is 0 Å². The van der Waals surface area contributed by atoms with Crippen molar-refractivity contribution >= 4 is 49.4 Å². The largest absolute Gasteiger partial charge is 0.309 e. The van der Waals surface area contributed by atoms with Crippen molar-refractivity contribution in [3.05, 3.63) is 151 Å². The van der Waals surface area contributed by atoms with E-state index in [-0.39, 0.29) is 5.78 Å². The molecule has 0 saturated carbocycles. The first kappa shape index (κ1) is 22.5. The molecule has 0 aliphatic carbocycles. The molecule has 3 aromatic heterocycles. The second kappa shape index (κ2) is 8.79. The van der Waals surface area contributed by atoms with Gasteiger partial charge in [0.25, 0.3) is 0 Å². The van der Waals surface area contributed by atoms with Crippen LogP contribution in [0.5, 0.6) is 0 Å². The van der Waals surface area contributed by atoms with Crippen LogP contribution in [0.25, 0.3) is 55.0 Å². The Bertz CT molecular complexity index is 2000. The fourth-order valence-electron chi connectivity index (χ4n) is 6.06. The van der Waals surface area contributed by atoms with Gasteiger partial charge in [-0.05, 0) is 54.6 Å². The molecule has 8 aromatic rings. The van der Waals surface area contributed by atoms with Gasteiger partial charge in [0.15, 0.2) is 5.78 Å². The summed E-state index contributed by atoms with van der Waals surface area (Å²) in [6.45, 7) is 0. The van der Waals surface area contributed by atoms with Gasteiger partial charge in [0, 0.05) is 56.4 Å².